The molecule has 16 heavy (non-hydrogen) atoms. The van der Waals surface area contributed by atoms with Crippen LogP contribution < -0.4 is 11.1 Å². The van der Waals surface area contributed by atoms with E-state index < -0.39 is 0 Å². The molecule has 0 spiro atoms. The fourth-order valence-electron chi connectivity index (χ4n) is 1.44. The first-order valence-electron chi connectivity index (χ1n) is 5.43. The van der Waals surface area contributed by atoms with E-state index in [1.165, 1.54) is 5.56 Å². The predicted molar refractivity (Wildman–Crippen MR) is 76.5 cm³/mol. The molecule has 0 saturated heterocycles. The van der Waals surface area contributed by atoms with Gasteiger partial charge in [0.05, 0.1) is 0 Å². The van der Waals surface area contributed by atoms with E-state index in [1.54, 1.807) is 0 Å². The number of hydrogen-bond acceptors (Lipinski definition) is 2. The monoisotopic (exact) mass is 348 g/mol. The van der Waals surface area contributed by atoms with Gasteiger partial charge in [-0.3, -0.25) is 0 Å². The molecule has 0 fully saturated rings. The molecule has 0 amide bonds. The summed E-state index contributed by atoms with van der Waals surface area (Å²) in [7, 11) is 0. The van der Waals surface area contributed by atoms with E-state index in [1.807, 2.05) is 6.07 Å². The molecule has 0 heterocycles. The van der Waals surface area contributed by atoms with Crippen LogP contribution in [-0.2, 0) is 0 Å². The first kappa shape index (κ1) is 14.2. The molecule has 0 aliphatic heterocycles. The Morgan fingerprint density at radius 1 is 1.25 bits per heavy atom. The van der Waals surface area contributed by atoms with Crippen molar-refractivity contribution in [3.63, 3.8) is 0 Å². The average Bonchev–Trinajstić information content (AvgIpc) is 2.23. The van der Waals surface area contributed by atoms with Gasteiger partial charge in [0.1, 0.15) is 0 Å². The number of halogens is 2. The van der Waals surface area contributed by atoms with Crippen LogP contribution in [0.25, 0.3) is 0 Å². The summed E-state index contributed by atoms with van der Waals surface area (Å²) in [5.74, 6) is 0.632. The van der Waals surface area contributed by atoms with E-state index in [9.17, 15) is 0 Å². The molecule has 3 N–H and O–H groups in total. The van der Waals surface area contributed by atoms with Gasteiger partial charge in [-0.1, -0.05) is 19.9 Å². The van der Waals surface area contributed by atoms with Crippen molar-refractivity contribution in [2.45, 2.75) is 19.9 Å². The second kappa shape index (κ2) is 6.74. The minimum Gasteiger partial charge on any atom is -0.329 e. The standard InChI is InChI=1S/C12H18Br2N2/c1-8(2)7-16-12(6-15)9-3-4-10(13)11(14)5-9/h3-5,8,12,16H,6-7,15H2,1-2H3. The SMILES string of the molecule is CC(C)CNC(CN)c1ccc(Br)c(Br)c1. The van der Waals surface area contributed by atoms with Gasteiger partial charge in [0.25, 0.3) is 0 Å². The summed E-state index contributed by atoms with van der Waals surface area (Å²) < 4.78 is 2.13. The molecule has 2 nitrogen and oxygen atoms in total. The highest BCUT2D eigenvalue weighted by atomic mass is 79.9. The van der Waals surface area contributed by atoms with E-state index >= 15 is 0 Å². The molecule has 1 atom stereocenters. The minimum absolute atomic E-state index is 0.229. The maximum absolute atomic E-state index is 5.79. The van der Waals surface area contributed by atoms with Crippen molar-refractivity contribution in [1.29, 1.82) is 0 Å². The van der Waals surface area contributed by atoms with Gasteiger partial charge < -0.3 is 11.1 Å². The summed E-state index contributed by atoms with van der Waals surface area (Å²) in [5, 5.41) is 3.47. The van der Waals surface area contributed by atoms with Crippen LogP contribution in [0.15, 0.2) is 27.1 Å². The zero-order valence-electron chi connectivity index (χ0n) is 9.63. The summed E-state index contributed by atoms with van der Waals surface area (Å²) in [6.45, 7) is 5.98. The Balaban J connectivity index is 2.74. The van der Waals surface area contributed by atoms with E-state index in [-0.39, 0.29) is 6.04 Å². The second-order valence-corrected chi connectivity index (χ2v) is 5.97. The fourth-order valence-corrected chi connectivity index (χ4v) is 2.09. The Morgan fingerprint density at radius 2 is 1.94 bits per heavy atom. The van der Waals surface area contributed by atoms with E-state index in [0.29, 0.717) is 12.5 Å². The third-order valence-corrected chi connectivity index (χ3v) is 4.23. The molecule has 0 aliphatic rings. The van der Waals surface area contributed by atoms with Gasteiger partial charge >= 0.3 is 0 Å². The maximum atomic E-state index is 5.79. The summed E-state index contributed by atoms with van der Waals surface area (Å²) in [5.41, 5.74) is 7.01. The number of benzene rings is 1. The first-order chi connectivity index (χ1) is 7.54. The number of nitrogens with one attached hydrogen (secondary N) is 1. The van der Waals surface area contributed by atoms with Gasteiger partial charge in [-0.15, -0.1) is 0 Å². The minimum atomic E-state index is 0.229. The van der Waals surface area contributed by atoms with Crippen molar-refractivity contribution in [2.75, 3.05) is 13.1 Å². The molecule has 1 aromatic rings. The van der Waals surface area contributed by atoms with Crippen molar-refractivity contribution in [3.05, 3.63) is 32.7 Å². The lowest BCUT2D eigenvalue weighted by molar-refractivity contribution is 0.479. The van der Waals surface area contributed by atoms with Crippen LogP contribution in [-0.4, -0.2) is 13.1 Å². The van der Waals surface area contributed by atoms with Gasteiger partial charge in [0.15, 0.2) is 0 Å². The first-order valence-corrected chi connectivity index (χ1v) is 7.01. The zero-order chi connectivity index (χ0) is 12.1. The Bertz CT molecular complexity index is 340. The average molecular weight is 350 g/mol. The van der Waals surface area contributed by atoms with E-state index in [0.717, 1.165) is 15.5 Å². The summed E-state index contributed by atoms with van der Waals surface area (Å²) in [6.07, 6.45) is 0. The molecule has 1 rings (SSSR count). The van der Waals surface area contributed by atoms with Crippen LogP contribution in [0.1, 0.15) is 25.5 Å². The third-order valence-electron chi connectivity index (χ3n) is 2.35. The van der Waals surface area contributed by atoms with Crippen LogP contribution in [0.4, 0.5) is 0 Å². The lowest BCUT2D eigenvalue weighted by Crippen LogP contribution is -2.30. The van der Waals surface area contributed by atoms with Crippen LogP contribution in [0.2, 0.25) is 0 Å². The largest absolute Gasteiger partial charge is 0.329 e. The molecule has 0 bridgehead atoms. The van der Waals surface area contributed by atoms with Crippen molar-refractivity contribution >= 4 is 31.9 Å². The maximum Gasteiger partial charge on any atom is 0.0445 e. The van der Waals surface area contributed by atoms with Gasteiger partial charge in [-0.25, -0.2) is 0 Å². The van der Waals surface area contributed by atoms with Crippen LogP contribution in [0.3, 0.4) is 0 Å². The van der Waals surface area contributed by atoms with Crippen LogP contribution in [0.5, 0.6) is 0 Å². The van der Waals surface area contributed by atoms with E-state index in [4.69, 9.17) is 5.73 Å². The summed E-state index contributed by atoms with van der Waals surface area (Å²) in [6, 6.07) is 6.47. The second-order valence-electron chi connectivity index (χ2n) is 4.26. The van der Waals surface area contributed by atoms with Crippen molar-refractivity contribution in [1.82, 2.24) is 5.32 Å². The van der Waals surface area contributed by atoms with Crippen molar-refractivity contribution < 1.29 is 0 Å². The van der Waals surface area contributed by atoms with Crippen molar-refractivity contribution in [2.24, 2.45) is 11.7 Å². The molecule has 0 aromatic heterocycles. The molecule has 1 aromatic carbocycles. The van der Waals surface area contributed by atoms with Crippen LogP contribution in [0, 0.1) is 5.92 Å². The molecular weight excluding hydrogens is 332 g/mol. The van der Waals surface area contributed by atoms with Crippen molar-refractivity contribution in [3.8, 4) is 0 Å². The molecule has 0 saturated carbocycles. The topological polar surface area (TPSA) is 38.0 Å². The molecule has 0 aliphatic carbocycles. The summed E-state index contributed by atoms with van der Waals surface area (Å²) in [4.78, 5) is 0. The van der Waals surface area contributed by atoms with E-state index in [2.05, 4.69) is 63.2 Å². The molecule has 4 heteroatoms. The Hall–Kier alpha value is 0.1000. The number of rotatable bonds is 5. The normalized spacial score (nSPS) is 13.1. The molecular formula is C12H18Br2N2. The number of nitrogens with two attached hydrogens (primary N) is 1. The van der Waals surface area contributed by atoms with Gasteiger partial charge in [-0.2, -0.15) is 0 Å². The zero-order valence-corrected chi connectivity index (χ0v) is 12.8. The highest BCUT2D eigenvalue weighted by Crippen LogP contribution is 2.26. The van der Waals surface area contributed by atoms with Gasteiger partial charge in [0, 0.05) is 21.5 Å². The molecule has 0 radical (unpaired) electrons. The lowest BCUT2D eigenvalue weighted by Gasteiger charge is -2.19. The van der Waals surface area contributed by atoms with Gasteiger partial charge in [0.2, 0.25) is 0 Å². The predicted octanol–water partition coefficient (Wildman–Crippen LogP) is 3.46. The number of hydrogen-bond donors (Lipinski definition) is 2. The highest BCUT2D eigenvalue weighted by Gasteiger charge is 2.10. The van der Waals surface area contributed by atoms with Gasteiger partial charge in [-0.05, 0) is 62.0 Å². The Labute approximate surface area is 114 Å². The smallest absolute Gasteiger partial charge is 0.0445 e. The third kappa shape index (κ3) is 4.17. The molecule has 1 unspecified atom stereocenters. The Kier molecular flexibility index (Phi) is 5.97. The Morgan fingerprint density at radius 3 is 2.44 bits per heavy atom. The quantitative estimate of drug-likeness (QED) is 0.854. The lowest BCUT2D eigenvalue weighted by atomic mass is 10.1. The fraction of sp³-hybridized carbons (Fsp3) is 0.500. The van der Waals surface area contributed by atoms with Crippen LogP contribution >= 0.6 is 31.9 Å². The summed E-state index contributed by atoms with van der Waals surface area (Å²) >= 11 is 6.97. The molecule has 90 valence electrons. The highest BCUT2D eigenvalue weighted by molar-refractivity contribution is 9.13.